The number of aromatic nitrogens is 2. The molecule has 1 aromatic heterocycles. The van der Waals surface area contributed by atoms with E-state index in [1.54, 1.807) is 24.3 Å². The monoisotopic (exact) mass is 490 g/mol. The molecule has 0 unspecified atom stereocenters. The second kappa shape index (κ2) is 11.5. The molecule has 0 aliphatic rings. The van der Waals surface area contributed by atoms with Crippen LogP contribution in [0.25, 0.3) is 11.0 Å². The second-order valence-electron chi connectivity index (χ2n) is 7.97. The summed E-state index contributed by atoms with van der Waals surface area (Å²) in [5.41, 5.74) is 3.00. The Morgan fingerprint density at radius 3 is 2.49 bits per heavy atom. The Morgan fingerprint density at radius 2 is 1.74 bits per heavy atom. The zero-order valence-electron chi connectivity index (χ0n) is 19.5. The standard InChI is InChI=1S/C27H27ClN4O3/c1-2-35-22-15-13-21(14-16-22)30-26(33)18-32-24-7-4-3-6-23(24)31-25(32)8-5-17-29-27(34)19-9-11-20(28)12-10-19/h3-4,6-7,9-16H,2,5,8,17-18H2,1H3,(H,29,34)(H,30,33). The van der Waals surface area contributed by atoms with Crippen LogP contribution in [0.1, 0.15) is 29.5 Å². The Morgan fingerprint density at radius 1 is 1.00 bits per heavy atom. The third-order valence-electron chi connectivity index (χ3n) is 5.45. The first-order valence-corrected chi connectivity index (χ1v) is 11.9. The van der Waals surface area contributed by atoms with Crippen LogP contribution in [0.15, 0.2) is 72.8 Å². The van der Waals surface area contributed by atoms with Crippen molar-refractivity contribution in [3.05, 3.63) is 89.2 Å². The average molecular weight is 491 g/mol. The predicted molar refractivity (Wildman–Crippen MR) is 138 cm³/mol. The molecular formula is C27H27ClN4O3. The number of halogens is 1. The van der Waals surface area contributed by atoms with Crippen LogP contribution >= 0.6 is 11.6 Å². The summed E-state index contributed by atoms with van der Waals surface area (Å²) in [6, 6.07) is 21.8. The Hall–Kier alpha value is -3.84. The molecule has 2 amide bonds. The van der Waals surface area contributed by atoms with Crippen LogP contribution in [0.4, 0.5) is 5.69 Å². The largest absolute Gasteiger partial charge is 0.494 e. The number of nitrogens with one attached hydrogen (secondary N) is 2. The zero-order valence-corrected chi connectivity index (χ0v) is 20.2. The first kappa shape index (κ1) is 24.3. The number of hydrogen-bond acceptors (Lipinski definition) is 4. The summed E-state index contributed by atoms with van der Waals surface area (Å²) in [7, 11) is 0. The smallest absolute Gasteiger partial charge is 0.251 e. The van der Waals surface area contributed by atoms with Gasteiger partial charge in [-0.25, -0.2) is 4.98 Å². The van der Waals surface area contributed by atoms with Gasteiger partial charge in [-0.3, -0.25) is 9.59 Å². The molecule has 0 radical (unpaired) electrons. The average Bonchev–Trinajstić information content (AvgIpc) is 3.20. The van der Waals surface area contributed by atoms with Crippen molar-refractivity contribution >= 4 is 40.1 Å². The minimum Gasteiger partial charge on any atom is -0.494 e. The van der Waals surface area contributed by atoms with Crippen LogP contribution in [0.3, 0.4) is 0 Å². The highest BCUT2D eigenvalue weighted by atomic mass is 35.5. The fraction of sp³-hybridized carbons (Fsp3) is 0.222. The summed E-state index contributed by atoms with van der Waals surface area (Å²) in [6.07, 6.45) is 1.30. The molecule has 7 nitrogen and oxygen atoms in total. The molecule has 4 rings (SSSR count). The molecule has 4 aromatic rings. The lowest BCUT2D eigenvalue weighted by Gasteiger charge is -2.11. The molecule has 35 heavy (non-hydrogen) atoms. The third kappa shape index (κ3) is 6.39. The zero-order chi connectivity index (χ0) is 24.6. The number of aryl methyl sites for hydroxylation is 1. The number of amides is 2. The first-order valence-electron chi connectivity index (χ1n) is 11.5. The van der Waals surface area contributed by atoms with E-state index in [4.69, 9.17) is 21.3 Å². The van der Waals surface area contributed by atoms with Crippen LogP contribution in [0, 0.1) is 0 Å². The lowest BCUT2D eigenvalue weighted by molar-refractivity contribution is -0.116. The summed E-state index contributed by atoms with van der Waals surface area (Å²) in [6.45, 7) is 3.15. The summed E-state index contributed by atoms with van der Waals surface area (Å²) < 4.78 is 7.38. The Labute approximate surface area is 209 Å². The SMILES string of the molecule is CCOc1ccc(NC(=O)Cn2c(CCCNC(=O)c3ccc(Cl)cc3)nc3ccccc32)cc1. The molecule has 0 fully saturated rings. The third-order valence-corrected chi connectivity index (χ3v) is 5.71. The molecule has 3 aromatic carbocycles. The summed E-state index contributed by atoms with van der Waals surface area (Å²) >= 11 is 5.88. The molecule has 0 atom stereocenters. The number of anilines is 1. The van der Waals surface area contributed by atoms with Crippen molar-refractivity contribution in [2.24, 2.45) is 0 Å². The number of nitrogens with zero attached hydrogens (tertiary/aromatic N) is 2. The summed E-state index contributed by atoms with van der Waals surface area (Å²) in [4.78, 5) is 29.9. The summed E-state index contributed by atoms with van der Waals surface area (Å²) in [5, 5.41) is 6.45. The van der Waals surface area contributed by atoms with E-state index >= 15 is 0 Å². The normalized spacial score (nSPS) is 10.8. The van der Waals surface area contributed by atoms with E-state index in [1.165, 1.54) is 0 Å². The Kier molecular flexibility index (Phi) is 8.00. The van der Waals surface area contributed by atoms with Crippen molar-refractivity contribution in [2.75, 3.05) is 18.5 Å². The topological polar surface area (TPSA) is 85.2 Å². The van der Waals surface area contributed by atoms with Gasteiger partial charge >= 0.3 is 0 Å². The summed E-state index contributed by atoms with van der Waals surface area (Å²) in [5.74, 6) is 1.27. The van der Waals surface area contributed by atoms with E-state index in [0.717, 1.165) is 22.6 Å². The van der Waals surface area contributed by atoms with E-state index in [-0.39, 0.29) is 18.4 Å². The highest BCUT2D eigenvalue weighted by molar-refractivity contribution is 6.30. The molecule has 0 saturated carbocycles. The maximum atomic E-state index is 12.8. The number of carbonyl (C=O) groups excluding carboxylic acids is 2. The van der Waals surface area contributed by atoms with Crippen LogP contribution in [-0.2, 0) is 17.8 Å². The van der Waals surface area contributed by atoms with Crippen molar-refractivity contribution in [2.45, 2.75) is 26.3 Å². The number of carbonyl (C=O) groups is 2. The molecule has 0 spiro atoms. The van der Waals surface area contributed by atoms with E-state index in [9.17, 15) is 9.59 Å². The Balaban J connectivity index is 1.38. The maximum absolute atomic E-state index is 12.8. The molecule has 0 aliphatic carbocycles. The van der Waals surface area contributed by atoms with Crippen LogP contribution in [0.2, 0.25) is 5.02 Å². The van der Waals surface area contributed by atoms with E-state index in [1.807, 2.05) is 60.0 Å². The molecule has 0 aliphatic heterocycles. The Bertz CT molecular complexity index is 1300. The number of hydrogen-bond donors (Lipinski definition) is 2. The van der Waals surface area contributed by atoms with Crippen molar-refractivity contribution in [1.29, 1.82) is 0 Å². The number of rotatable bonds is 10. The van der Waals surface area contributed by atoms with Crippen LogP contribution in [0.5, 0.6) is 5.75 Å². The fourth-order valence-corrected chi connectivity index (χ4v) is 3.92. The van der Waals surface area contributed by atoms with Gasteiger partial charge in [0.15, 0.2) is 0 Å². The lowest BCUT2D eigenvalue weighted by Crippen LogP contribution is -2.25. The van der Waals surface area contributed by atoms with Gasteiger partial charge in [0.2, 0.25) is 5.91 Å². The quantitative estimate of drug-likeness (QED) is 0.303. The van der Waals surface area contributed by atoms with Crippen molar-refractivity contribution in [3.8, 4) is 5.75 Å². The van der Waals surface area contributed by atoms with E-state index in [2.05, 4.69) is 10.6 Å². The highest BCUT2D eigenvalue weighted by Crippen LogP contribution is 2.19. The molecular weight excluding hydrogens is 464 g/mol. The molecule has 180 valence electrons. The maximum Gasteiger partial charge on any atom is 0.251 e. The fourth-order valence-electron chi connectivity index (χ4n) is 3.79. The van der Waals surface area contributed by atoms with Gasteiger partial charge in [-0.15, -0.1) is 0 Å². The van der Waals surface area contributed by atoms with Gasteiger partial charge in [0, 0.05) is 29.2 Å². The minimum absolute atomic E-state index is 0.139. The number of imidazole rings is 1. The van der Waals surface area contributed by atoms with Crippen LogP contribution < -0.4 is 15.4 Å². The van der Waals surface area contributed by atoms with Gasteiger partial charge in [-0.05, 0) is 74.0 Å². The molecule has 1 heterocycles. The van der Waals surface area contributed by atoms with E-state index < -0.39 is 0 Å². The van der Waals surface area contributed by atoms with Gasteiger partial charge in [0.25, 0.3) is 5.91 Å². The van der Waals surface area contributed by atoms with Crippen molar-refractivity contribution in [3.63, 3.8) is 0 Å². The molecule has 2 N–H and O–H groups in total. The number of para-hydroxylation sites is 2. The molecule has 0 bridgehead atoms. The lowest BCUT2D eigenvalue weighted by atomic mass is 10.2. The molecule has 8 heteroatoms. The number of fused-ring (bicyclic) bond motifs is 1. The van der Waals surface area contributed by atoms with Gasteiger partial charge < -0.3 is 19.9 Å². The number of ether oxygens (including phenoxy) is 1. The first-order chi connectivity index (χ1) is 17.0. The second-order valence-corrected chi connectivity index (χ2v) is 8.41. The predicted octanol–water partition coefficient (Wildman–Crippen LogP) is 5.09. The van der Waals surface area contributed by atoms with Gasteiger partial charge in [-0.1, -0.05) is 23.7 Å². The van der Waals surface area contributed by atoms with Gasteiger partial charge in [-0.2, -0.15) is 0 Å². The number of benzene rings is 3. The molecule has 0 saturated heterocycles. The highest BCUT2D eigenvalue weighted by Gasteiger charge is 2.14. The van der Waals surface area contributed by atoms with Crippen molar-refractivity contribution in [1.82, 2.24) is 14.9 Å². The van der Waals surface area contributed by atoms with E-state index in [0.29, 0.717) is 42.3 Å². The van der Waals surface area contributed by atoms with Crippen molar-refractivity contribution < 1.29 is 14.3 Å². The van der Waals surface area contributed by atoms with Gasteiger partial charge in [0.1, 0.15) is 18.1 Å². The minimum atomic E-state index is -0.148. The van der Waals surface area contributed by atoms with Gasteiger partial charge in [0.05, 0.1) is 17.6 Å². The van der Waals surface area contributed by atoms with Crippen LogP contribution in [-0.4, -0.2) is 34.5 Å².